The summed E-state index contributed by atoms with van der Waals surface area (Å²) in [6, 6.07) is 2.67. The first-order valence-corrected chi connectivity index (χ1v) is 6.63. The van der Waals surface area contributed by atoms with Crippen molar-refractivity contribution in [2.24, 2.45) is 0 Å². The molecular weight excluding hydrogens is 274 g/mol. The molecule has 2 aliphatic heterocycles. The van der Waals surface area contributed by atoms with Gasteiger partial charge in [-0.05, 0) is 18.6 Å². The van der Waals surface area contributed by atoms with Crippen LogP contribution in [0.2, 0.25) is 0 Å². The highest BCUT2D eigenvalue weighted by Gasteiger charge is 2.41. The third-order valence-corrected chi connectivity index (χ3v) is 3.92. The Balaban J connectivity index is 1.95. The fraction of sp³-hybridized carbons (Fsp3) is 0.357. The van der Waals surface area contributed by atoms with Crippen LogP contribution >= 0.6 is 0 Å². The lowest BCUT2D eigenvalue weighted by Crippen LogP contribution is -2.52. The summed E-state index contributed by atoms with van der Waals surface area (Å²) >= 11 is 0. The van der Waals surface area contributed by atoms with E-state index in [-0.39, 0.29) is 24.8 Å². The van der Waals surface area contributed by atoms with E-state index in [0.717, 1.165) is 0 Å². The lowest BCUT2D eigenvalue weighted by atomic mass is 10.0. The van der Waals surface area contributed by atoms with E-state index < -0.39 is 11.9 Å². The van der Waals surface area contributed by atoms with Gasteiger partial charge in [0.2, 0.25) is 11.8 Å². The average molecular weight is 289 g/mol. The van der Waals surface area contributed by atoms with Crippen molar-refractivity contribution in [3.63, 3.8) is 0 Å². The maximum Gasteiger partial charge on any atom is 0.259 e. The minimum absolute atomic E-state index is 0.225. The number of methoxy groups -OCH3 is 1. The van der Waals surface area contributed by atoms with Crippen molar-refractivity contribution >= 4 is 23.4 Å². The van der Waals surface area contributed by atoms with Gasteiger partial charge in [0.05, 0.1) is 12.7 Å². The molecule has 2 heterocycles. The van der Waals surface area contributed by atoms with Crippen LogP contribution in [0.15, 0.2) is 12.1 Å². The van der Waals surface area contributed by atoms with Gasteiger partial charge in [-0.1, -0.05) is 0 Å². The molecule has 3 N–H and O–H groups in total. The summed E-state index contributed by atoms with van der Waals surface area (Å²) in [6.45, 7) is 0.253. The van der Waals surface area contributed by atoms with Gasteiger partial charge in [0.15, 0.2) is 0 Å². The number of amides is 3. The SMILES string of the molecule is COc1ccc(N)c2c1C(=O)N(C1CCC(=O)NC1=O)C2. The number of imide groups is 1. The van der Waals surface area contributed by atoms with Crippen molar-refractivity contribution in [3.8, 4) is 5.75 Å². The third-order valence-electron chi connectivity index (χ3n) is 3.92. The third kappa shape index (κ3) is 2.01. The second-order valence-corrected chi connectivity index (χ2v) is 5.11. The molecule has 1 fully saturated rings. The number of carbonyl (C=O) groups excluding carboxylic acids is 3. The molecule has 1 atom stereocenters. The summed E-state index contributed by atoms with van der Waals surface area (Å²) in [5.74, 6) is -0.593. The number of anilines is 1. The summed E-state index contributed by atoms with van der Waals surface area (Å²) in [5.41, 5.74) is 7.49. The first-order chi connectivity index (χ1) is 10.0. The number of nitrogen functional groups attached to an aromatic ring is 1. The molecule has 3 amide bonds. The number of hydrogen-bond acceptors (Lipinski definition) is 5. The van der Waals surface area contributed by atoms with Crippen molar-refractivity contribution in [2.45, 2.75) is 25.4 Å². The number of nitrogens with zero attached hydrogens (tertiary/aromatic N) is 1. The Hall–Kier alpha value is -2.57. The fourth-order valence-electron chi connectivity index (χ4n) is 2.83. The molecule has 0 spiro atoms. The molecule has 110 valence electrons. The van der Waals surface area contributed by atoms with Crippen molar-refractivity contribution < 1.29 is 19.1 Å². The van der Waals surface area contributed by atoms with Crippen molar-refractivity contribution in [1.29, 1.82) is 0 Å². The predicted molar refractivity (Wildman–Crippen MR) is 73.5 cm³/mol. The lowest BCUT2D eigenvalue weighted by molar-refractivity contribution is -0.136. The zero-order valence-electron chi connectivity index (χ0n) is 11.5. The molecule has 0 saturated carbocycles. The standard InChI is InChI=1S/C14H15N3O4/c1-21-10-4-2-8(15)7-6-17(14(20)12(7)10)9-3-5-11(18)16-13(9)19/h2,4,9H,3,5-6,15H2,1H3,(H,16,18,19). The van der Waals surface area contributed by atoms with Crippen LogP contribution in [-0.4, -0.2) is 35.8 Å². The molecule has 3 rings (SSSR count). The topological polar surface area (TPSA) is 102 Å². The Labute approximate surface area is 121 Å². The van der Waals surface area contributed by atoms with Gasteiger partial charge in [0.25, 0.3) is 5.91 Å². The van der Waals surface area contributed by atoms with Crippen LogP contribution in [0.3, 0.4) is 0 Å². The molecule has 21 heavy (non-hydrogen) atoms. The summed E-state index contributed by atoms with van der Waals surface area (Å²) in [7, 11) is 1.48. The zero-order chi connectivity index (χ0) is 15.1. The Morgan fingerprint density at radius 2 is 2.10 bits per heavy atom. The lowest BCUT2D eigenvalue weighted by Gasteiger charge is -2.29. The van der Waals surface area contributed by atoms with Crippen LogP contribution in [0.1, 0.15) is 28.8 Å². The predicted octanol–water partition coefficient (Wildman–Crippen LogP) is 0.0384. The van der Waals surface area contributed by atoms with Gasteiger partial charge >= 0.3 is 0 Å². The Morgan fingerprint density at radius 1 is 1.33 bits per heavy atom. The second kappa shape index (κ2) is 4.76. The van der Waals surface area contributed by atoms with Crippen LogP contribution in [0.5, 0.6) is 5.75 Å². The number of ether oxygens (including phenoxy) is 1. The van der Waals surface area contributed by atoms with E-state index in [1.165, 1.54) is 12.0 Å². The molecule has 1 unspecified atom stereocenters. The largest absolute Gasteiger partial charge is 0.496 e. The molecule has 2 aliphatic rings. The smallest absolute Gasteiger partial charge is 0.259 e. The minimum Gasteiger partial charge on any atom is -0.496 e. The second-order valence-electron chi connectivity index (χ2n) is 5.11. The number of nitrogens with two attached hydrogens (primary N) is 1. The average Bonchev–Trinajstić information content (AvgIpc) is 2.79. The van der Waals surface area contributed by atoms with Crippen LogP contribution in [0.4, 0.5) is 5.69 Å². The number of fused-ring (bicyclic) bond motifs is 1. The first kappa shape index (κ1) is 13.4. The summed E-state index contributed by atoms with van der Waals surface area (Å²) < 4.78 is 5.20. The van der Waals surface area contributed by atoms with Gasteiger partial charge in [-0.2, -0.15) is 0 Å². The van der Waals surface area contributed by atoms with Crippen LogP contribution < -0.4 is 15.8 Å². The number of rotatable bonds is 2. The van der Waals surface area contributed by atoms with Gasteiger partial charge in [0, 0.05) is 24.2 Å². The van der Waals surface area contributed by atoms with Crippen molar-refractivity contribution in [2.75, 3.05) is 12.8 Å². The summed E-state index contributed by atoms with van der Waals surface area (Å²) in [5, 5.41) is 2.26. The highest BCUT2D eigenvalue weighted by Crippen LogP contribution is 2.36. The number of benzene rings is 1. The number of nitrogens with one attached hydrogen (secondary N) is 1. The molecule has 1 saturated heterocycles. The first-order valence-electron chi connectivity index (χ1n) is 6.63. The zero-order valence-corrected chi connectivity index (χ0v) is 11.5. The van der Waals surface area contributed by atoms with Gasteiger partial charge in [-0.15, -0.1) is 0 Å². The van der Waals surface area contributed by atoms with Crippen LogP contribution in [0, 0.1) is 0 Å². The molecule has 1 aromatic carbocycles. The quantitative estimate of drug-likeness (QED) is 0.591. The van der Waals surface area contributed by atoms with Gasteiger partial charge in [-0.25, -0.2) is 0 Å². The van der Waals surface area contributed by atoms with Crippen molar-refractivity contribution in [3.05, 3.63) is 23.3 Å². The molecule has 1 aromatic rings. The van der Waals surface area contributed by atoms with E-state index in [2.05, 4.69) is 5.32 Å². The van der Waals surface area contributed by atoms with Gasteiger partial charge in [-0.3, -0.25) is 19.7 Å². The van der Waals surface area contributed by atoms with Crippen molar-refractivity contribution in [1.82, 2.24) is 10.2 Å². The van der Waals surface area contributed by atoms with E-state index >= 15 is 0 Å². The summed E-state index contributed by atoms with van der Waals surface area (Å²) in [6.07, 6.45) is 0.551. The molecule has 7 nitrogen and oxygen atoms in total. The van der Waals surface area contributed by atoms with E-state index in [0.29, 0.717) is 29.0 Å². The maximum atomic E-state index is 12.6. The Morgan fingerprint density at radius 3 is 2.76 bits per heavy atom. The van der Waals surface area contributed by atoms with Crippen LogP contribution in [-0.2, 0) is 16.1 Å². The fourth-order valence-corrected chi connectivity index (χ4v) is 2.83. The molecule has 7 heteroatoms. The van der Waals surface area contributed by atoms with Gasteiger partial charge < -0.3 is 15.4 Å². The number of hydrogen-bond donors (Lipinski definition) is 2. The monoisotopic (exact) mass is 289 g/mol. The van der Waals surface area contributed by atoms with E-state index in [1.54, 1.807) is 12.1 Å². The highest BCUT2D eigenvalue weighted by atomic mass is 16.5. The number of piperidine rings is 1. The maximum absolute atomic E-state index is 12.6. The molecular formula is C14H15N3O4. The Bertz CT molecular complexity index is 656. The van der Waals surface area contributed by atoms with Gasteiger partial charge in [0.1, 0.15) is 11.8 Å². The van der Waals surface area contributed by atoms with E-state index in [4.69, 9.17) is 10.5 Å². The normalized spacial score (nSPS) is 21.3. The van der Waals surface area contributed by atoms with E-state index in [9.17, 15) is 14.4 Å². The Kier molecular flexibility index (Phi) is 3.04. The van der Waals surface area contributed by atoms with E-state index in [1.807, 2.05) is 0 Å². The summed E-state index contributed by atoms with van der Waals surface area (Å²) in [4.78, 5) is 37.2. The molecule has 0 aromatic heterocycles. The molecule has 0 bridgehead atoms. The molecule has 0 radical (unpaired) electrons. The minimum atomic E-state index is -0.647. The van der Waals surface area contributed by atoms with Crippen LogP contribution in [0.25, 0.3) is 0 Å². The molecule has 0 aliphatic carbocycles. The number of carbonyl (C=O) groups is 3. The highest BCUT2D eigenvalue weighted by molar-refractivity contribution is 6.07.